The largest absolute Gasteiger partial charge is 0.471 e. The van der Waals surface area contributed by atoms with Crippen LogP contribution in [-0.4, -0.2) is 127 Å². The van der Waals surface area contributed by atoms with Gasteiger partial charge in [0.25, 0.3) is 0 Å². The quantitative estimate of drug-likeness (QED) is 0.0390. The maximum Gasteiger partial charge on any atom is 0.247 e. The number of rotatable bonds is 29. The van der Waals surface area contributed by atoms with E-state index in [0.29, 0.717) is 48.5 Å². The van der Waals surface area contributed by atoms with Crippen molar-refractivity contribution in [3.05, 3.63) is 186 Å². The number of aliphatic hydroxyl groups is 2. The topological polar surface area (TPSA) is 128 Å². The monoisotopic (exact) mass is 960 g/mol. The van der Waals surface area contributed by atoms with Crippen LogP contribution < -0.4 is 10.1 Å². The number of aromatic nitrogens is 4. The van der Waals surface area contributed by atoms with Crippen LogP contribution in [0.1, 0.15) is 60.7 Å². The summed E-state index contributed by atoms with van der Waals surface area (Å²) >= 11 is 0. The van der Waals surface area contributed by atoms with Crippen molar-refractivity contribution in [1.29, 1.82) is 0 Å². The standard InChI is InChI=1S/C58H73N9O4/c1-46(2)38-66(42-50-25-14-6-15-26-50)36-35-65(41-49-23-12-5-13-24-49)34-33-64(40-48-21-10-4-11-22-48)32-31-63(39-47-19-8-3-9-20-47)30-18-29-59-58-61-56-55(57(62-58)70-44-51-27-16-7-17-28-51)60-45-67(56)54-37-52(69)53(43-68)71-54/h3-17,19-28,45-46,52-54,68-69H,18,29-44H2,1-2H3,(H,59,61,62)/t52-,53+,54+/m0/s1. The predicted molar refractivity (Wildman–Crippen MR) is 283 cm³/mol. The molecule has 3 heterocycles. The summed E-state index contributed by atoms with van der Waals surface area (Å²) in [5.41, 5.74) is 7.36. The molecular formula is C58H73N9O4. The minimum atomic E-state index is -0.796. The van der Waals surface area contributed by atoms with Crippen LogP contribution in [0.2, 0.25) is 0 Å². The van der Waals surface area contributed by atoms with Crippen molar-refractivity contribution in [3.8, 4) is 5.88 Å². The van der Waals surface area contributed by atoms with E-state index in [0.717, 1.165) is 90.5 Å². The summed E-state index contributed by atoms with van der Waals surface area (Å²) in [6, 6.07) is 53.4. The molecule has 0 bridgehead atoms. The van der Waals surface area contributed by atoms with Crippen molar-refractivity contribution in [1.82, 2.24) is 39.1 Å². The summed E-state index contributed by atoms with van der Waals surface area (Å²) in [4.78, 5) is 24.9. The van der Waals surface area contributed by atoms with Crippen molar-refractivity contribution in [3.63, 3.8) is 0 Å². The lowest BCUT2D eigenvalue weighted by molar-refractivity contribution is -0.0432. The molecule has 0 aliphatic carbocycles. The molecule has 0 saturated carbocycles. The molecule has 3 atom stereocenters. The van der Waals surface area contributed by atoms with Gasteiger partial charge in [-0.3, -0.25) is 24.2 Å². The number of ether oxygens (including phenoxy) is 2. The molecule has 3 N–H and O–H groups in total. The predicted octanol–water partition coefficient (Wildman–Crippen LogP) is 8.51. The minimum absolute atomic E-state index is 0.273. The maximum atomic E-state index is 10.6. The highest BCUT2D eigenvalue weighted by Gasteiger charge is 2.35. The summed E-state index contributed by atoms with van der Waals surface area (Å²) in [5, 5.41) is 23.9. The Morgan fingerprint density at radius 1 is 0.620 bits per heavy atom. The molecule has 0 spiro atoms. The Labute approximate surface area is 420 Å². The summed E-state index contributed by atoms with van der Waals surface area (Å²) < 4.78 is 14.1. The number of benzene rings is 5. The summed E-state index contributed by atoms with van der Waals surface area (Å²) in [5.74, 6) is 1.37. The molecule has 1 fully saturated rings. The highest BCUT2D eigenvalue weighted by atomic mass is 16.5. The fourth-order valence-electron chi connectivity index (χ4n) is 9.34. The summed E-state index contributed by atoms with van der Waals surface area (Å²) in [6.45, 7) is 16.6. The highest BCUT2D eigenvalue weighted by molar-refractivity contribution is 5.78. The number of anilines is 1. The Morgan fingerprint density at radius 2 is 1.07 bits per heavy atom. The third-order valence-electron chi connectivity index (χ3n) is 13.1. The molecule has 8 rings (SSSR count). The van der Waals surface area contributed by atoms with Crippen molar-refractivity contribution in [2.75, 3.05) is 70.8 Å². The van der Waals surface area contributed by atoms with Crippen LogP contribution in [0.15, 0.2) is 158 Å². The molecule has 13 heteroatoms. The summed E-state index contributed by atoms with van der Waals surface area (Å²) in [6.07, 6.45) is 0.793. The van der Waals surface area contributed by atoms with Crippen LogP contribution in [-0.2, 0) is 37.5 Å². The number of hydrogen-bond donors (Lipinski definition) is 3. The van der Waals surface area contributed by atoms with E-state index in [2.05, 4.69) is 165 Å². The van der Waals surface area contributed by atoms with E-state index in [9.17, 15) is 10.2 Å². The number of fused-ring (bicyclic) bond motifs is 1. The Balaban J connectivity index is 0.950. The van der Waals surface area contributed by atoms with E-state index < -0.39 is 18.4 Å². The first-order valence-electron chi connectivity index (χ1n) is 25.5. The Bertz CT molecular complexity index is 2570. The average molecular weight is 960 g/mol. The lowest BCUT2D eigenvalue weighted by Gasteiger charge is -2.32. The number of hydrogen-bond acceptors (Lipinski definition) is 12. The Hall–Kier alpha value is -6.03. The van der Waals surface area contributed by atoms with Gasteiger partial charge in [-0.1, -0.05) is 166 Å². The van der Waals surface area contributed by atoms with Gasteiger partial charge in [0.15, 0.2) is 11.2 Å². The van der Waals surface area contributed by atoms with Gasteiger partial charge < -0.3 is 25.0 Å². The van der Waals surface area contributed by atoms with Gasteiger partial charge in [0.05, 0.1) is 19.0 Å². The molecule has 0 amide bonds. The molecule has 374 valence electrons. The second-order valence-electron chi connectivity index (χ2n) is 19.2. The minimum Gasteiger partial charge on any atom is -0.471 e. The van der Waals surface area contributed by atoms with Crippen LogP contribution >= 0.6 is 0 Å². The van der Waals surface area contributed by atoms with E-state index in [-0.39, 0.29) is 6.61 Å². The molecule has 13 nitrogen and oxygen atoms in total. The number of nitrogens with zero attached hydrogens (tertiary/aromatic N) is 8. The van der Waals surface area contributed by atoms with Gasteiger partial charge in [-0.15, -0.1) is 0 Å². The number of nitrogens with one attached hydrogen (secondary N) is 1. The third-order valence-corrected chi connectivity index (χ3v) is 13.1. The second kappa shape index (κ2) is 27.0. The van der Waals surface area contributed by atoms with E-state index in [1.54, 1.807) is 10.9 Å². The van der Waals surface area contributed by atoms with E-state index in [4.69, 9.17) is 19.4 Å². The van der Waals surface area contributed by atoms with Crippen molar-refractivity contribution < 1.29 is 19.7 Å². The zero-order valence-electron chi connectivity index (χ0n) is 41.6. The second-order valence-corrected chi connectivity index (χ2v) is 19.2. The van der Waals surface area contributed by atoms with E-state index in [1.165, 1.54) is 22.3 Å². The molecule has 71 heavy (non-hydrogen) atoms. The molecule has 5 aromatic carbocycles. The molecule has 7 aromatic rings. The van der Waals surface area contributed by atoms with Crippen LogP contribution in [0.25, 0.3) is 11.2 Å². The van der Waals surface area contributed by atoms with Crippen LogP contribution in [0.5, 0.6) is 5.88 Å². The van der Waals surface area contributed by atoms with Gasteiger partial charge >= 0.3 is 0 Å². The van der Waals surface area contributed by atoms with Gasteiger partial charge in [-0.2, -0.15) is 9.97 Å². The molecule has 1 aliphatic rings. The molecule has 2 aromatic heterocycles. The van der Waals surface area contributed by atoms with Gasteiger partial charge in [0, 0.05) is 91.5 Å². The van der Waals surface area contributed by atoms with Crippen LogP contribution in [0, 0.1) is 5.92 Å². The zero-order chi connectivity index (χ0) is 49.0. The SMILES string of the molecule is CC(C)CN(CCN(CCN(CCN(CCCNc1nc(OCc2ccccc2)c2ncn([C@H]3C[C@H](O)[C@@H](CO)O3)c2n1)Cc1ccccc1)Cc1ccccc1)Cc1ccccc1)Cc1ccccc1. The molecule has 1 aliphatic heterocycles. The molecule has 0 unspecified atom stereocenters. The molecular weight excluding hydrogens is 887 g/mol. The fourth-order valence-corrected chi connectivity index (χ4v) is 9.34. The summed E-state index contributed by atoms with van der Waals surface area (Å²) in [7, 11) is 0. The Morgan fingerprint density at radius 3 is 1.54 bits per heavy atom. The molecule has 1 saturated heterocycles. The zero-order valence-corrected chi connectivity index (χ0v) is 41.6. The first kappa shape index (κ1) is 51.3. The van der Waals surface area contributed by atoms with Crippen LogP contribution in [0.3, 0.4) is 0 Å². The van der Waals surface area contributed by atoms with Gasteiger partial charge in [-0.25, -0.2) is 4.98 Å². The normalized spacial score (nSPS) is 16.0. The maximum absolute atomic E-state index is 10.6. The van der Waals surface area contributed by atoms with Gasteiger partial charge in [0.2, 0.25) is 11.8 Å². The number of imidazole rings is 1. The first-order valence-corrected chi connectivity index (χ1v) is 25.5. The van der Waals surface area contributed by atoms with Crippen LogP contribution in [0.4, 0.5) is 5.95 Å². The van der Waals surface area contributed by atoms with Gasteiger partial charge in [-0.05, 0) is 40.2 Å². The number of aliphatic hydroxyl groups excluding tert-OH is 2. The lowest BCUT2D eigenvalue weighted by Crippen LogP contribution is -2.42. The van der Waals surface area contributed by atoms with Crippen molar-refractivity contribution in [2.24, 2.45) is 5.92 Å². The average Bonchev–Trinajstić information content (AvgIpc) is 4.00. The molecule has 0 radical (unpaired) electrons. The smallest absolute Gasteiger partial charge is 0.247 e. The van der Waals surface area contributed by atoms with Crippen molar-refractivity contribution in [2.45, 2.75) is 77.9 Å². The van der Waals surface area contributed by atoms with Crippen molar-refractivity contribution >= 4 is 17.1 Å². The third kappa shape index (κ3) is 16.0. The fraction of sp³-hybridized carbons (Fsp3) is 0.397. The van der Waals surface area contributed by atoms with E-state index >= 15 is 0 Å². The first-order chi connectivity index (χ1) is 34.8. The Kier molecular flexibility index (Phi) is 19.5. The lowest BCUT2D eigenvalue weighted by atomic mass is 10.1. The highest BCUT2D eigenvalue weighted by Crippen LogP contribution is 2.33. The van der Waals surface area contributed by atoms with E-state index in [1.807, 2.05) is 30.3 Å². The van der Waals surface area contributed by atoms with Gasteiger partial charge in [0.1, 0.15) is 18.9 Å².